The highest BCUT2D eigenvalue weighted by atomic mass is 35.5. The van der Waals surface area contributed by atoms with Gasteiger partial charge in [0.15, 0.2) is 5.96 Å². The molecule has 2 atom stereocenters. The highest BCUT2D eigenvalue weighted by Crippen LogP contribution is 2.11. The first-order chi connectivity index (χ1) is 17.3. The number of aliphatic imine (C=N–C) groups is 1. The molecule has 2 aromatic heterocycles. The fraction of sp³-hybridized carbons (Fsp3) is 0.692. The first kappa shape index (κ1) is 42.8. The number of nitrogens with zero attached hydrogens (tertiary/aromatic N) is 4. The summed E-state index contributed by atoms with van der Waals surface area (Å²) in [5.74, 6) is 0.171. The molecule has 0 amide bonds. The van der Waals surface area contributed by atoms with Gasteiger partial charge in [-0.2, -0.15) is 10.2 Å². The highest BCUT2D eigenvalue weighted by Gasteiger charge is 2.05. The number of nitrogen functional groups attached to an aromatic ring is 1. The number of H-pyrrole nitrogens is 1. The number of halogens is 2. The van der Waals surface area contributed by atoms with Crippen molar-refractivity contribution in [3.8, 4) is 0 Å². The van der Waals surface area contributed by atoms with E-state index in [1.807, 2.05) is 6.07 Å². The quantitative estimate of drug-likeness (QED) is 0.102. The second-order valence-corrected chi connectivity index (χ2v) is 8.64. The van der Waals surface area contributed by atoms with Crippen LogP contribution in [-0.4, -0.2) is 44.0 Å². The molecule has 0 bridgehead atoms. The van der Waals surface area contributed by atoms with Crippen LogP contribution in [0.25, 0.3) is 0 Å². The molecule has 0 saturated heterocycles. The molecule has 10 nitrogen and oxygen atoms in total. The van der Waals surface area contributed by atoms with E-state index in [9.17, 15) is 0 Å². The maximum Gasteiger partial charge on any atom is 0.213 e. The van der Waals surface area contributed by atoms with Crippen LogP contribution < -0.4 is 22.9 Å². The first-order valence-corrected chi connectivity index (χ1v) is 13.4. The molecule has 0 aliphatic rings. The summed E-state index contributed by atoms with van der Waals surface area (Å²) in [5.41, 5.74) is 21.6. The normalized spacial score (nSPS) is 10.8. The van der Waals surface area contributed by atoms with Gasteiger partial charge in [-0.05, 0) is 37.8 Å². The number of guanidine groups is 1. The van der Waals surface area contributed by atoms with Gasteiger partial charge in [-0.25, -0.2) is 4.68 Å². The Bertz CT molecular complexity index is 688. The summed E-state index contributed by atoms with van der Waals surface area (Å²) in [6.07, 6.45) is 21.4. The minimum atomic E-state index is -0.0602. The van der Waals surface area contributed by atoms with Crippen molar-refractivity contribution >= 4 is 36.7 Å². The Hall–Kier alpha value is -2.30. The Balaban J connectivity index is -0.000000207. The molecule has 0 aliphatic carbocycles. The predicted molar refractivity (Wildman–Crippen MR) is 168 cm³/mol. The Kier molecular flexibility index (Phi) is 36.8. The summed E-state index contributed by atoms with van der Waals surface area (Å²) in [6, 6.07) is 4.36. The second-order valence-electron chi connectivity index (χ2n) is 8.64. The standard InChI is InChI=1S/C10H23N3.C9H21N.C4H6N4.C3H4N2.2ClH/c1-3-5-6-8-9(7-4-2)13-10(11)12;1-3-5-6-8-9(10)7-4-2;5-4(6)8-3-1-2-7-8;1-2-4-5-3-1;;/h9H,3-8H2,1-2H3,(H4,11,12,13);9H,3-8,10H2,1-2H3;1-3H,(H3,5,6);1-3H,(H,4,5);2*1H. The molecule has 0 saturated carbocycles. The number of nitrogens with one attached hydrogen (secondary N) is 2. The third-order valence-corrected chi connectivity index (χ3v) is 5.09. The topological polar surface area (TPSA) is 187 Å². The van der Waals surface area contributed by atoms with Crippen molar-refractivity contribution in [2.24, 2.45) is 27.9 Å². The number of aromatic amines is 1. The molecule has 2 aromatic rings. The van der Waals surface area contributed by atoms with E-state index >= 15 is 0 Å². The van der Waals surface area contributed by atoms with E-state index in [1.165, 1.54) is 62.5 Å². The van der Waals surface area contributed by atoms with Gasteiger partial charge in [0.25, 0.3) is 0 Å². The molecular formula is C26H56Cl2N10. The molecule has 224 valence electrons. The van der Waals surface area contributed by atoms with Crippen LogP contribution in [0.15, 0.2) is 41.9 Å². The number of rotatable bonds is 13. The molecular weight excluding hydrogens is 523 g/mol. The summed E-state index contributed by atoms with van der Waals surface area (Å²) in [7, 11) is 0. The molecule has 2 unspecified atom stereocenters. The molecule has 10 N–H and O–H groups in total. The summed E-state index contributed by atoms with van der Waals surface area (Å²) in [4.78, 5) is 4.21. The van der Waals surface area contributed by atoms with Crippen LogP contribution in [0.1, 0.15) is 105 Å². The maximum absolute atomic E-state index is 6.83. The van der Waals surface area contributed by atoms with Crippen molar-refractivity contribution in [3.05, 3.63) is 36.9 Å². The van der Waals surface area contributed by atoms with Crippen molar-refractivity contribution in [1.82, 2.24) is 20.0 Å². The van der Waals surface area contributed by atoms with Crippen LogP contribution >= 0.6 is 24.8 Å². The number of nitrogens with two attached hydrogens (primary N) is 4. The van der Waals surface area contributed by atoms with E-state index in [2.05, 4.69) is 48.0 Å². The van der Waals surface area contributed by atoms with Crippen LogP contribution in [0.2, 0.25) is 0 Å². The van der Waals surface area contributed by atoms with Gasteiger partial charge in [-0.15, -0.1) is 24.8 Å². The van der Waals surface area contributed by atoms with Crippen molar-refractivity contribution in [2.75, 3.05) is 0 Å². The van der Waals surface area contributed by atoms with E-state index in [0.29, 0.717) is 12.1 Å². The Morgan fingerprint density at radius 1 is 0.842 bits per heavy atom. The van der Waals surface area contributed by atoms with Crippen molar-refractivity contribution in [1.29, 1.82) is 5.41 Å². The molecule has 2 rings (SSSR count). The van der Waals surface area contributed by atoms with Gasteiger partial charge < -0.3 is 22.9 Å². The van der Waals surface area contributed by atoms with Gasteiger partial charge >= 0.3 is 0 Å². The molecule has 2 heterocycles. The molecule has 0 radical (unpaired) electrons. The molecule has 12 heteroatoms. The van der Waals surface area contributed by atoms with Crippen molar-refractivity contribution < 1.29 is 0 Å². The lowest BCUT2D eigenvalue weighted by Gasteiger charge is -2.10. The van der Waals surface area contributed by atoms with Crippen LogP contribution in [0.3, 0.4) is 0 Å². The van der Waals surface area contributed by atoms with Gasteiger partial charge in [0, 0.05) is 30.8 Å². The lowest BCUT2D eigenvalue weighted by Crippen LogP contribution is -2.25. The van der Waals surface area contributed by atoms with E-state index in [0.717, 1.165) is 19.3 Å². The SMILES string of the molecule is CCCCCC(CCC)N=C(N)N.CCCCCC(N)CCC.Cl.Cl.N=C(N)n1cccn1.c1cn[nH]c1. The minimum absolute atomic E-state index is 0. The fourth-order valence-corrected chi connectivity index (χ4v) is 3.25. The summed E-state index contributed by atoms with van der Waals surface area (Å²) in [5, 5.41) is 16.7. The number of hydrogen-bond donors (Lipinski definition) is 6. The monoisotopic (exact) mass is 578 g/mol. The Labute approximate surface area is 243 Å². The molecule has 38 heavy (non-hydrogen) atoms. The van der Waals surface area contributed by atoms with Gasteiger partial charge in [-0.1, -0.05) is 79.1 Å². The lowest BCUT2D eigenvalue weighted by atomic mass is 10.1. The molecule has 0 aromatic carbocycles. The van der Waals surface area contributed by atoms with Gasteiger partial charge in [0.1, 0.15) is 0 Å². The van der Waals surface area contributed by atoms with Gasteiger partial charge in [0.2, 0.25) is 5.96 Å². The second kappa shape index (κ2) is 32.7. The highest BCUT2D eigenvalue weighted by molar-refractivity contribution is 5.85. The van der Waals surface area contributed by atoms with Gasteiger partial charge in [-0.3, -0.25) is 15.5 Å². The van der Waals surface area contributed by atoms with Crippen LogP contribution in [0, 0.1) is 5.41 Å². The average molecular weight is 580 g/mol. The Morgan fingerprint density at radius 3 is 1.79 bits per heavy atom. The zero-order valence-electron chi connectivity index (χ0n) is 24.0. The number of hydrogen-bond acceptors (Lipinski definition) is 5. The largest absolute Gasteiger partial charge is 0.370 e. The average Bonchev–Trinajstić information content (AvgIpc) is 3.57. The zero-order valence-corrected chi connectivity index (χ0v) is 25.7. The number of unbranched alkanes of at least 4 members (excludes halogenated alkanes) is 4. The van der Waals surface area contributed by atoms with Crippen LogP contribution in [0.5, 0.6) is 0 Å². The summed E-state index contributed by atoms with van der Waals surface area (Å²) >= 11 is 0. The minimum Gasteiger partial charge on any atom is -0.370 e. The number of aromatic nitrogens is 4. The van der Waals surface area contributed by atoms with E-state index in [4.69, 9.17) is 28.3 Å². The van der Waals surface area contributed by atoms with Crippen LogP contribution in [0.4, 0.5) is 0 Å². The summed E-state index contributed by atoms with van der Waals surface area (Å²) < 4.78 is 1.28. The summed E-state index contributed by atoms with van der Waals surface area (Å²) in [6.45, 7) is 8.79. The third-order valence-electron chi connectivity index (χ3n) is 5.09. The molecule has 0 aliphatic heterocycles. The molecule has 0 fully saturated rings. The predicted octanol–water partition coefficient (Wildman–Crippen LogP) is 5.58. The smallest absolute Gasteiger partial charge is 0.213 e. The first-order valence-electron chi connectivity index (χ1n) is 13.4. The van der Waals surface area contributed by atoms with Crippen molar-refractivity contribution in [2.45, 2.75) is 117 Å². The van der Waals surface area contributed by atoms with E-state index in [1.54, 1.807) is 30.9 Å². The lowest BCUT2D eigenvalue weighted by molar-refractivity contribution is 0.524. The Morgan fingerprint density at radius 2 is 1.45 bits per heavy atom. The fourth-order valence-electron chi connectivity index (χ4n) is 3.25. The third kappa shape index (κ3) is 31.7. The van der Waals surface area contributed by atoms with Gasteiger partial charge in [0.05, 0.1) is 6.04 Å². The molecule has 0 spiro atoms. The van der Waals surface area contributed by atoms with Crippen LogP contribution in [-0.2, 0) is 0 Å². The van der Waals surface area contributed by atoms with Crippen molar-refractivity contribution in [3.63, 3.8) is 0 Å². The maximum atomic E-state index is 6.83. The van der Waals surface area contributed by atoms with E-state index in [-0.39, 0.29) is 36.7 Å². The zero-order chi connectivity index (χ0) is 27.4. The van der Waals surface area contributed by atoms with E-state index < -0.39 is 0 Å².